The first kappa shape index (κ1) is 31.0. The van der Waals surface area contributed by atoms with Crippen LogP contribution in [0.15, 0.2) is 42.6 Å². The van der Waals surface area contributed by atoms with Crippen LogP contribution in [0.2, 0.25) is 0 Å². The Kier molecular flexibility index (Phi) is 9.49. The summed E-state index contributed by atoms with van der Waals surface area (Å²) < 4.78 is 7.53. The van der Waals surface area contributed by atoms with Crippen LogP contribution in [0.4, 0.5) is 23.0 Å². The zero-order chi connectivity index (χ0) is 31.4. The molecule has 2 N–H and O–H groups in total. The number of rotatable bonds is 11. The molecule has 0 saturated heterocycles. The van der Waals surface area contributed by atoms with Gasteiger partial charge in [0.05, 0.1) is 24.2 Å². The highest BCUT2D eigenvalue weighted by molar-refractivity contribution is 6.05. The maximum absolute atomic E-state index is 13.7. The van der Waals surface area contributed by atoms with Gasteiger partial charge in [0.15, 0.2) is 5.69 Å². The zero-order valence-corrected chi connectivity index (χ0v) is 27.0. The Balaban J connectivity index is 1.45. The summed E-state index contributed by atoms with van der Waals surface area (Å²) in [5.41, 5.74) is 9.05. The number of fused-ring (bicyclic) bond motifs is 3. The maximum atomic E-state index is 13.7. The first-order valence-electron chi connectivity index (χ1n) is 15.4. The van der Waals surface area contributed by atoms with Gasteiger partial charge in [-0.1, -0.05) is 32.0 Å². The third kappa shape index (κ3) is 6.40. The molecule has 2 heterocycles. The summed E-state index contributed by atoms with van der Waals surface area (Å²) in [6, 6.07) is 12.3. The van der Waals surface area contributed by atoms with Crippen molar-refractivity contribution in [2.24, 2.45) is 7.05 Å². The predicted octanol–water partition coefficient (Wildman–Crippen LogP) is 5.49. The summed E-state index contributed by atoms with van der Waals surface area (Å²) in [6.45, 7) is 6.06. The Bertz CT molecular complexity index is 1620. The lowest BCUT2D eigenvalue weighted by Crippen LogP contribution is -2.28. The van der Waals surface area contributed by atoms with E-state index in [1.807, 2.05) is 25.4 Å². The molecule has 0 bridgehead atoms. The molecule has 4 aromatic rings. The Morgan fingerprint density at radius 2 is 1.80 bits per heavy atom. The molecule has 1 aliphatic rings. The number of likely N-dealkylation sites (N-methyl/N-ethyl adjacent to an activating group) is 2. The number of hydrogen-bond donors (Lipinski definition) is 2. The van der Waals surface area contributed by atoms with Crippen molar-refractivity contribution in [2.75, 3.05) is 56.9 Å². The predicted molar refractivity (Wildman–Crippen MR) is 178 cm³/mol. The van der Waals surface area contributed by atoms with Crippen LogP contribution < -0.4 is 20.3 Å². The Labute approximate surface area is 260 Å². The van der Waals surface area contributed by atoms with E-state index < -0.39 is 0 Å². The van der Waals surface area contributed by atoms with Crippen molar-refractivity contribution in [3.05, 3.63) is 70.5 Å². The lowest BCUT2D eigenvalue weighted by Gasteiger charge is -2.23. The monoisotopic (exact) mass is 596 g/mol. The molecule has 0 radical (unpaired) electrons. The van der Waals surface area contributed by atoms with E-state index in [1.165, 1.54) is 0 Å². The lowest BCUT2D eigenvalue weighted by atomic mass is 10.0. The van der Waals surface area contributed by atoms with Gasteiger partial charge in [-0.25, -0.2) is 9.97 Å². The molecule has 0 fully saturated rings. The van der Waals surface area contributed by atoms with Gasteiger partial charge in [-0.15, -0.1) is 0 Å². The minimum absolute atomic E-state index is 0.186. The molecular weight excluding hydrogens is 552 g/mol. The molecule has 10 nitrogen and oxygen atoms in total. The molecule has 0 aliphatic heterocycles. The number of aromatic nitrogens is 4. The highest BCUT2D eigenvalue weighted by Crippen LogP contribution is 2.36. The molecule has 44 heavy (non-hydrogen) atoms. The number of ether oxygens (including phenoxy) is 1. The van der Waals surface area contributed by atoms with Gasteiger partial charge in [0.2, 0.25) is 5.95 Å². The fourth-order valence-electron chi connectivity index (χ4n) is 5.79. The molecule has 2 aromatic carbocycles. The van der Waals surface area contributed by atoms with Crippen molar-refractivity contribution in [1.82, 2.24) is 24.6 Å². The number of benzene rings is 2. The summed E-state index contributed by atoms with van der Waals surface area (Å²) in [5, 5.41) is 11.3. The van der Waals surface area contributed by atoms with Gasteiger partial charge in [0.1, 0.15) is 5.75 Å². The Hall–Kier alpha value is -4.44. The minimum Gasteiger partial charge on any atom is -0.494 e. The van der Waals surface area contributed by atoms with E-state index in [9.17, 15) is 4.79 Å². The number of carbonyl (C=O) groups excluding carboxylic acids is 1. The number of nitrogens with zero attached hydrogens (tertiary/aromatic N) is 6. The molecule has 0 spiro atoms. The van der Waals surface area contributed by atoms with Crippen molar-refractivity contribution in [3.63, 3.8) is 0 Å². The maximum Gasteiger partial charge on any atom is 0.276 e. The first-order chi connectivity index (χ1) is 21.2. The van der Waals surface area contributed by atoms with Crippen LogP contribution in [0.5, 0.6) is 5.75 Å². The quantitative estimate of drug-likeness (QED) is 0.234. The number of para-hydroxylation sites is 1. The topological polar surface area (TPSA) is 100 Å². The van der Waals surface area contributed by atoms with E-state index >= 15 is 0 Å². The first-order valence-corrected chi connectivity index (χ1v) is 15.4. The average Bonchev–Trinajstić information content (AvgIpc) is 3.23. The van der Waals surface area contributed by atoms with E-state index in [0.29, 0.717) is 17.4 Å². The van der Waals surface area contributed by atoms with Crippen molar-refractivity contribution < 1.29 is 9.53 Å². The van der Waals surface area contributed by atoms with Gasteiger partial charge < -0.3 is 25.2 Å². The van der Waals surface area contributed by atoms with E-state index in [1.54, 1.807) is 11.8 Å². The average molecular weight is 597 g/mol. The van der Waals surface area contributed by atoms with Crippen molar-refractivity contribution in [2.45, 2.75) is 46.0 Å². The highest BCUT2D eigenvalue weighted by Gasteiger charge is 2.28. The molecule has 0 saturated carbocycles. The second-order valence-corrected chi connectivity index (χ2v) is 11.6. The smallest absolute Gasteiger partial charge is 0.276 e. The van der Waals surface area contributed by atoms with E-state index in [2.05, 4.69) is 84.7 Å². The normalized spacial score (nSPS) is 12.4. The van der Waals surface area contributed by atoms with Gasteiger partial charge in [0.25, 0.3) is 5.91 Å². The van der Waals surface area contributed by atoms with Crippen LogP contribution >= 0.6 is 0 Å². The number of amides is 1. The molecule has 0 atom stereocenters. The van der Waals surface area contributed by atoms with Crippen LogP contribution in [0.1, 0.15) is 53.0 Å². The number of anilines is 4. The van der Waals surface area contributed by atoms with Crippen LogP contribution in [0, 0.1) is 0 Å². The third-order valence-electron chi connectivity index (χ3n) is 8.31. The third-order valence-corrected chi connectivity index (χ3v) is 8.31. The standard InChI is InChI=1S/C34H44N8O2/c1-8-22-12-10-13-23(9-2)29(22)37-33(43)31-26-15-11-14-24-21-35-34(38-30(24)32(26)42(6)39-31)36-27-17-16-25(20-28(27)44-7)41(5)19-18-40(3)4/h10,12-13,16-17,20-21H,8-9,11,14-15,18-19H2,1-7H3,(H,37,43)(H,35,36,38). The van der Waals surface area contributed by atoms with Gasteiger partial charge in [-0.3, -0.25) is 9.48 Å². The van der Waals surface area contributed by atoms with Crippen molar-refractivity contribution in [1.29, 1.82) is 0 Å². The number of hydrogen-bond acceptors (Lipinski definition) is 8. The summed E-state index contributed by atoms with van der Waals surface area (Å²) in [7, 11) is 9.76. The molecule has 10 heteroatoms. The SMILES string of the molecule is CCc1cccc(CC)c1NC(=O)c1nn(C)c2c1CCCc1cnc(Nc3ccc(N(C)CCN(C)C)cc3OC)nc1-2. The van der Waals surface area contributed by atoms with Gasteiger partial charge in [0, 0.05) is 56.4 Å². The summed E-state index contributed by atoms with van der Waals surface area (Å²) >= 11 is 0. The Morgan fingerprint density at radius 3 is 2.48 bits per heavy atom. The van der Waals surface area contributed by atoms with Gasteiger partial charge in [-0.05, 0) is 75.0 Å². The van der Waals surface area contributed by atoms with Crippen LogP contribution in [-0.4, -0.2) is 71.9 Å². The lowest BCUT2D eigenvalue weighted by molar-refractivity contribution is 0.102. The summed E-state index contributed by atoms with van der Waals surface area (Å²) in [6.07, 6.45) is 5.99. The van der Waals surface area contributed by atoms with Crippen LogP contribution in [0.3, 0.4) is 0 Å². The minimum atomic E-state index is -0.186. The van der Waals surface area contributed by atoms with E-state index in [0.717, 1.165) is 95.9 Å². The Morgan fingerprint density at radius 1 is 1.05 bits per heavy atom. The molecule has 5 rings (SSSR count). The largest absolute Gasteiger partial charge is 0.494 e. The fraction of sp³-hybridized carbons (Fsp3) is 0.412. The number of nitrogens with one attached hydrogen (secondary N) is 2. The van der Waals surface area contributed by atoms with Gasteiger partial charge >= 0.3 is 0 Å². The molecule has 1 amide bonds. The second-order valence-electron chi connectivity index (χ2n) is 11.6. The molecule has 0 unspecified atom stereocenters. The number of carbonyl (C=O) groups is 1. The zero-order valence-electron chi connectivity index (χ0n) is 27.0. The number of methoxy groups -OCH3 is 1. The second kappa shape index (κ2) is 13.5. The van der Waals surface area contributed by atoms with Crippen molar-refractivity contribution >= 4 is 28.9 Å². The highest BCUT2D eigenvalue weighted by atomic mass is 16.5. The summed E-state index contributed by atoms with van der Waals surface area (Å²) in [5.74, 6) is 0.977. The van der Waals surface area contributed by atoms with Crippen LogP contribution in [0.25, 0.3) is 11.4 Å². The van der Waals surface area contributed by atoms with Crippen molar-refractivity contribution in [3.8, 4) is 17.1 Å². The molecular formula is C34H44N8O2. The molecule has 232 valence electrons. The summed E-state index contributed by atoms with van der Waals surface area (Å²) in [4.78, 5) is 27.7. The number of aryl methyl sites for hydroxylation is 4. The molecule has 2 aromatic heterocycles. The van der Waals surface area contributed by atoms with Gasteiger partial charge in [-0.2, -0.15) is 5.10 Å². The fourth-order valence-corrected chi connectivity index (χ4v) is 5.79. The van der Waals surface area contributed by atoms with E-state index in [4.69, 9.17) is 14.8 Å². The molecule has 1 aliphatic carbocycles. The van der Waals surface area contributed by atoms with E-state index in [-0.39, 0.29) is 5.91 Å². The van der Waals surface area contributed by atoms with Crippen LogP contribution in [-0.2, 0) is 32.7 Å².